The molecule has 0 N–H and O–H groups in total. The monoisotopic (exact) mass is 611 g/mol. The van der Waals surface area contributed by atoms with Crippen molar-refractivity contribution in [3.8, 4) is 44.5 Å². The lowest BCUT2D eigenvalue weighted by Crippen LogP contribution is -2.10. The second-order valence-electron chi connectivity index (χ2n) is 12.6. The van der Waals surface area contributed by atoms with Crippen LogP contribution in [0.1, 0.15) is 0 Å². The smallest absolute Gasteiger partial charge is 0.136 e. The molecule has 10 rings (SSSR count). The Morgan fingerprint density at radius 2 is 0.938 bits per heavy atom. The summed E-state index contributed by atoms with van der Waals surface area (Å²) in [6, 6.07) is 63.3. The van der Waals surface area contributed by atoms with Crippen molar-refractivity contribution in [2.24, 2.45) is 0 Å². The molecule has 0 spiro atoms. The van der Waals surface area contributed by atoms with E-state index in [0.29, 0.717) is 0 Å². The van der Waals surface area contributed by atoms with Gasteiger partial charge in [-0.3, -0.25) is 0 Å². The van der Waals surface area contributed by atoms with Gasteiger partial charge in [-0.25, -0.2) is 0 Å². The Morgan fingerprint density at radius 1 is 0.333 bits per heavy atom. The van der Waals surface area contributed by atoms with Crippen molar-refractivity contribution >= 4 is 49.8 Å². The van der Waals surface area contributed by atoms with Crippen molar-refractivity contribution in [1.29, 1.82) is 0 Å². The van der Waals surface area contributed by atoms with E-state index in [1.165, 1.54) is 44.2 Å². The molecular weight excluding hydrogens is 583 g/mol. The molecule has 0 radical (unpaired) electrons. The molecule has 2 heteroatoms. The van der Waals surface area contributed by atoms with Gasteiger partial charge in [-0.1, -0.05) is 121 Å². The number of rotatable bonds is 5. The first-order valence-corrected chi connectivity index (χ1v) is 16.4. The molecule has 8 aromatic carbocycles. The van der Waals surface area contributed by atoms with E-state index < -0.39 is 0 Å². The van der Waals surface area contributed by atoms with Gasteiger partial charge >= 0.3 is 0 Å². The van der Waals surface area contributed by atoms with E-state index in [1.54, 1.807) is 0 Å². The Kier molecular flexibility index (Phi) is 5.91. The third kappa shape index (κ3) is 4.20. The van der Waals surface area contributed by atoms with E-state index >= 15 is 0 Å². The van der Waals surface area contributed by atoms with Crippen LogP contribution in [-0.4, -0.2) is 0 Å². The summed E-state index contributed by atoms with van der Waals surface area (Å²) in [7, 11) is 0. The average molecular weight is 612 g/mol. The van der Waals surface area contributed by atoms with Crippen molar-refractivity contribution < 1.29 is 4.42 Å². The van der Waals surface area contributed by atoms with Gasteiger partial charge in [0.15, 0.2) is 0 Å². The fraction of sp³-hybridized carbons (Fsp3) is 0. The Morgan fingerprint density at radius 3 is 1.75 bits per heavy atom. The predicted octanol–water partition coefficient (Wildman–Crippen LogP) is 13.2. The fourth-order valence-corrected chi connectivity index (χ4v) is 7.56. The highest BCUT2D eigenvalue weighted by Crippen LogP contribution is 2.50. The minimum Gasteiger partial charge on any atom is -0.456 e. The number of hydrogen-bond donors (Lipinski definition) is 0. The Hall–Kier alpha value is -6.38. The van der Waals surface area contributed by atoms with Crippen molar-refractivity contribution in [3.05, 3.63) is 176 Å². The maximum atomic E-state index is 6.28. The van der Waals surface area contributed by atoms with Gasteiger partial charge in [0.2, 0.25) is 0 Å². The molecule has 2 nitrogen and oxygen atoms in total. The molecule has 1 aliphatic carbocycles. The number of hydrogen-bond acceptors (Lipinski definition) is 2. The van der Waals surface area contributed by atoms with E-state index in [2.05, 4.69) is 169 Å². The topological polar surface area (TPSA) is 16.4 Å². The summed E-state index contributed by atoms with van der Waals surface area (Å²) in [6.45, 7) is 0. The highest BCUT2D eigenvalue weighted by Gasteiger charge is 2.24. The Bertz CT molecular complexity index is 2680. The molecule has 1 aromatic heterocycles. The van der Waals surface area contributed by atoms with Gasteiger partial charge in [0.1, 0.15) is 11.2 Å². The van der Waals surface area contributed by atoms with Crippen molar-refractivity contribution in [3.63, 3.8) is 0 Å². The number of benzene rings is 8. The molecule has 0 bridgehead atoms. The normalized spacial score (nSPS) is 11.8. The molecular formula is C46H29NO. The zero-order valence-electron chi connectivity index (χ0n) is 26.1. The molecule has 0 aliphatic heterocycles. The van der Waals surface area contributed by atoms with Crippen molar-refractivity contribution in [2.45, 2.75) is 0 Å². The van der Waals surface area contributed by atoms with Gasteiger partial charge in [0.05, 0.1) is 0 Å². The molecule has 1 heterocycles. The first-order valence-electron chi connectivity index (χ1n) is 16.4. The van der Waals surface area contributed by atoms with Gasteiger partial charge in [-0.05, 0) is 110 Å². The Labute approximate surface area is 278 Å². The maximum Gasteiger partial charge on any atom is 0.136 e. The molecule has 0 saturated carbocycles. The fourth-order valence-electron chi connectivity index (χ4n) is 7.56. The lowest BCUT2D eigenvalue weighted by atomic mass is 9.99. The number of anilines is 3. The largest absolute Gasteiger partial charge is 0.456 e. The first kappa shape index (κ1) is 26.8. The lowest BCUT2D eigenvalue weighted by Gasteiger charge is -2.27. The minimum absolute atomic E-state index is 0.901. The Balaban J connectivity index is 1.17. The van der Waals surface area contributed by atoms with Crippen LogP contribution in [0.4, 0.5) is 17.1 Å². The van der Waals surface area contributed by atoms with Gasteiger partial charge in [0.25, 0.3) is 0 Å². The summed E-state index contributed by atoms with van der Waals surface area (Å²) in [4.78, 5) is 2.40. The number of fused-ring (bicyclic) bond motifs is 6. The van der Waals surface area contributed by atoms with Crippen LogP contribution in [-0.2, 0) is 0 Å². The number of nitrogens with zero attached hydrogens (tertiary/aromatic N) is 1. The molecule has 0 amide bonds. The van der Waals surface area contributed by atoms with Crippen molar-refractivity contribution in [2.75, 3.05) is 4.90 Å². The van der Waals surface area contributed by atoms with E-state index in [0.717, 1.165) is 50.1 Å². The second-order valence-corrected chi connectivity index (χ2v) is 12.6. The van der Waals surface area contributed by atoms with Gasteiger partial charge < -0.3 is 9.32 Å². The molecule has 0 saturated heterocycles. The van der Waals surface area contributed by atoms with Gasteiger partial charge in [-0.15, -0.1) is 0 Å². The molecule has 1 aliphatic rings. The molecule has 0 unspecified atom stereocenters. The van der Waals surface area contributed by atoms with Crippen LogP contribution in [0.5, 0.6) is 0 Å². The van der Waals surface area contributed by atoms with E-state index in [4.69, 9.17) is 4.42 Å². The predicted molar refractivity (Wildman–Crippen MR) is 201 cm³/mol. The summed E-state index contributed by atoms with van der Waals surface area (Å²) < 4.78 is 6.28. The summed E-state index contributed by atoms with van der Waals surface area (Å²) in [5.41, 5.74) is 15.0. The average Bonchev–Trinajstić information content (AvgIpc) is 3.69. The quantitative estimate of drug-likeness (QED) is 0.192. The minimum atomic E-state index is 0.901. The van der Waals surface area contributed by atoms with Gasteiger partial charge in [-0.2, -0.15) is 0 Å². The zero-order chi connectivity index (χ0) is 31.6. The van der Waals surface area contributed by atoms with Crippen LogP contribution in [0.25, 0.3) is 77.2 Å². The summed E-state index contributed by atoms with van der Waals surface area (Å²) in [5.74, 6) is 0. The van der Waals surface area contributed by atoms with Crippen LogP contribution in [0.15, 0.2) is 180 Å². The zero-order valence-corrected chi connectivity index (χ0v) is 26.1. The lowest BCUT2D eigenvalue weighted by molar-refractivity contribution is 0.669. The first-order chi connectivity index (χ1) is 23.8. The van der Waals surface area contributed by atoms with Gasteiger partial charge in [0, 0.05) is 27.8 Å². The molecule has 9 aromatic rings. The van der Waals surface area contributed by atoms with Crippen LogP contribution >= 0.6 is 0 Å². The van der Waals surface area contributed by atoms with Crippen LogP contribution < -0.4 is 4.90 Å². The van der Waals surface area contributed by atoms with Crippen LogP contribution in [0.3, 0.4) is 0 Å². The standard InChI is InChI=1S/C46H29NO/c1-2-11-30(12-3-1)31-13-8-16-35(25-31)47(37-27-34-15-10-21-42-38-18-4-5-19-39(38)43(29-37)46(34)42)36-17-9-14-32(26-36)33-23-24-41-40-20-6-7-22-44(40)48-45(41)28-33/h1-29H. The van der Waals surface area contributed by atoms with E-state index in [9.17, 15) is 0 Å². The second kappa shape index (κ2) is 10.6. The van der Waals surface area contributed by atoms with Crippen LogP contribution in [0.2, 0.25) is 0 Å². The summed E-state index contributed by atoms with van der Waals surface area (Å²) in [5, 5.41) is 4.85. The SMILES string of the molecule is c1ccc(-c2cccc(N(c3cccc(-c4ccc5c(c4)oc4ccccc45)c3)c3cc4c5c(cccc5c3)-c3ccccc3-4)c2)cc1. The van der Waals surface area contributed by atoms with Crippen LogP contribution in [0, 0.1) is 0 Å². The molecule has 224 valence electrons. The molecule has 48 heavy (non-hydrogen) atoms. The maximum absolute atomic E-state index is 6.28. The molecule has 0 fully saturated rings. The van der Waals surface area contributed by atoms with E-state index in [-0.39, 0.29) is 0 Å². The third-order valence-electron chi connectivity index (χ3n) is 9.76. The summed E-state index contributed by atoms with van der Waals surface area (Å²) in [6.07, 6.45) is 0. The number of furan rings is 1. The molecule has 0 atom stereocenters. The van der Waals surface area contributed by atoms with Crippen molar-refractivity contribution in [1.82, 2.24) is 0 Å². The third-order valence-corrected chi connectivity index (χ3v) is 9.76. The highest BCUT2D eigenvalue weighted by atomic mass is 16.3. The summed E-state index contributed by atoms with van der Waals surface area (Å²) >= 11 is 0. The van der Waals surface area contributed by atoms with E-state index in [1.807, 2.05) is 12.1 Å². The number of para-hydroxylation sites is 1. The highest BCUT2D eigenvalue weighted by molar-refractivity contribution is 6.16.